The highest BCUT2D eigenvalue weighted by Gasteiger charge is 2.41. The van der Waals surface area contributed by atoms with Crippen LogP contribution in [-0.4, -0.2) is 11.2 Å². The summed E-state index contributed by atoms with van der Waals surface area (Å²) in [5, 5.41) is 0. The molecule has 3 rings (SSSR count). The Morgan fingerprint density at radius 2 is 1.38 bits per heavy atom. The van der Waals surface area contributed by atoms with Gasteiger partial charge in [0, 0.05) is 0 Å². The number of hydrogen-bond donors (Lipinski definition) is 0. The molecule has 0 radical (unpaired) electrons. The zero-order chi connectivity index (χ0) is 21.8. The summed E-state index contributed by atoms with van der Waals surface area (Å²) in [4.78, 5) is 0. The van der Waals surface area contributed by atoms with Crippen LogP contribution in [-0.2, 0) is 10.9 Å². The molecule has 4 heteroatoms. The van der Waals surface area contributed by atoms with E-state index < -0.39 is 22.9 Å². The molecule has 0 atom stereocenters. The van der Waals surface area contributed by atoms with E-state index in [4.69, 9.17) is 4.74 Å². The van der Waals surface area contributed by atoms with Crippen molar-refractivity contribution in [3.05, 3.63) is 76.9 Å². The maximum absolute atomic E-state index is 12.9. The molecule has 0 aromatic heterocycles. The number of ether oxygens (including phenoxy) is 1. The van der Waals surface area contributed by atoms with Gasteiger partial charge in [-0.2, -0.15) is 13.2 Å². The largest absolute Gasteiger partial charge is 0.416 e. The van der Waals surface area contributed by atoms with Crippen LogP contribution in [0.4, 0.5) is 13.2 Å². The molecule has 154 valence electrons. The average molecular weight is 400 g/mol. The molecule has 29 heavy (non-hydrogen) atoms. The Labute approximate surface area is 170 Å². The van der Waals surface area contributed by atoms with E-state index in [1.54, 1.807) is 0 Å². The van der Waals surface area contributed by atoms with Crippen LogP contribution < -0.4 is 0 Å². The van der Waals surface area contributed by atoms with Crippen LogP contribution in [0.2, 0.25) is 0 Å². The van der Waals surface area contributed by atoms with E-state index in [9.17, 15) is 13.2 Å². The van der Waals surface area contributed by atoms with E-state index in [0.717, 1.165) is 51.1 Å². The third kappa shape index (κ3) is 3.91. The first-order valence-electron chi connectivity index (χ1n) is 9.64. The highest BCUT2D eigenvalue weighted by Crippen LogP contribution is 2.47. The molecule has 0 bridgehead atoms. The maximum Gasteiger partial charge on any atom is 0.416 e. The highest BCUT2D eigenvalue weighted by atomic mass is 19.4. The summed E-state index contributed by atoms with van der Waals surface area (Å²) in [7, 11) is 0. The fraction of sp³-hybridized carbons (Fsp3) is 0.360. The third-order valence-corrected chi connectivity index (χ3v) is 5.87. The van der Waals surface area contributed by atoms with Crippen LogP contribution in [0.25, 0.3) is 16.7 Å². The molecule has 0 fully saturated rings. The average Bonchev–Trinajstić information content (AvgIpc) is 2.60. The van der Waals surface area contributed by atoms with Crippen LogP contribution in [0, 0.1) is 6.92 Å². The van der Waals surface area contributed by atoms with Gasteiger partial charge in [0.25, 0.3) is 0 Å². The SMILES string of the molecule is C=C1C(c2cc(-c3ccc(C(F)(F)F)cc3)ccc2C)=C(C)C(C)(C)OC1(C)C. The quantitative estimate of drug-likeness (QED) is 0.504. The Hall–Kier alpha value is -2.33. The van der Waals surface area contributed by atoms with Crippen LogP contribution in [0.15, 0.2) is 60.2 Å². The summed E-state index contributed by atoms with van der Waals surface area (Å²) in [6.45, 7) is 16.5. The van der Waals surface area contributed by atoms with Crippen molar-refractivity contribution in [2.45, 2.75) is 58.9 Å². The number of aryl methyl sites for hydroxylation is 1. The van der Waals surface area contributed by atoms with Crippen molar-refractivity contribution in [1.29, 1.82) is 0 Å². The number of halogens is 3. The summed E-state index contributed by atoms with van der Waals surface area (Å²) < 4.78 is 44.9. The third-order valence-electron chi connectivity index (χ3n) is 5.87. The monoisotopic (exact) mass is 400 g/mol. The van der Waals surface area contributed by atoms with Crippen molar-refractivity contribution in [2.75, 3.05) is 0 Å². The van der Waals surface area contributed by atoms with E-state index in [1.165, 1.54) is 12.1 Å². The van der Waals surface area contributed by atoms with E-state index >= 15 is 0 Å². The van der Waals surface area contributed by atoms with Crippen molar-refractivity contribution in [2.24, 2.45) is 0 Å². The number of benzene rings is 2. The molecular weight excluding hydrogens is 373 g/mol. The maximum atomic E-state index is 12.9. The van der Waals surface area contributed by atoms with Gasteiger partial charge in [0.05, 0.1) is 16.8 Å². The second-order valence-corrected chi connectivity index (χ2v) is 8.71. The summed E-state index contributed by atoms with van der Waals surface area (Å²) in [5.41, 5.74) is 5.19. The molecule has 0 amide bonds. The standard InChI is InChI=1S/C25H27F3O/c1-15-8-9-19(18-10-12-20(13-11-18)25(26,27)28)14-21(15)22-16(2)23(4,5)29-24(6,7)17(22)3/h8-14H,2H2,1,3-7H3. The van der Waals surface area contributed by atoms with E-state index in [0.29, 0.717) is 0 Å². The summed E-state index contributed by atoms with van der Waals surface area (Å²) in [6.07, 6.45) is -4.34. The van der Waals surface area contributed by atoms with E-state index in [-0.39, 0.29) is 0 Å². The summed E-state index contributed by atoms with van der Waals surface area (Å²) in [6, 6.07) is 11.3. The van der Waals surface area contributed by atoms with E-state index in [2.05, 4.69) is 13.5 Å². The second-order valence-electron chi connectivity index (χ2n) is 8.71. The lowest BCUT2D eigenvalue weighted by Crippen LogP contribution is -2.44. The van der Waals surface area contributed by atoms with Gasteiger partial charge in [-0.25, -0.2) is 0 Å². The molecule has 0 unspecified atom stereocenters. The van der Waals surface area contributed by atoms with Crippen LogP contribution in [0.5, 0.6) is 0 Å². The van der Waals surface area contributed by atoms with Crippen molar-refractivity contribution >= 4 is 5.57 Å². The second kappa shape index (κ2) is 6.88. The van der Waals surface area contributed by atoms with Crippen molar-refractivity contribution in [3.63, 3.8) is 0 Å². The van der Waals surface area contributed by atoms with Crippen LogP contribution in [0.1, 0.15) is 51.3 Å². The van der Waals surface area contributed by atoms with Gasteiger partial charge in [-0.05, 0) is 98.7 Å². The topological polar surface area (TPSA) is 9.23 Å². The van der Waals surface area contributed by atoms with Gasteiger partial charge < -0.3 is 4.74 Å². The first-order valence-corrected chi connectivity index (χ1v) is 9.64. The summed E-state index contributed by atoms with van der Waals surface area (Å²) >= 11 is 0. The van der Waals surface area contributed by atoms with Gasteiger partial charge in [0.1, 0.15) is 0 Å². The lowest BCUT2D eigenvalue weighted by Gasteiger charge is -2.45. The van der Waals surface area contributed by atoms with Gasteiger partial charge in [-0.1, -0.05) is 30.8 Å². The first kappa shape index (κ1) is 21.4. The Morgan fingerprint density at radius 1 is 0.828 bits per heavy atom. The minimum atomic E-state index is -4.34. The lowest BCUT2D eigenvalue weighted by atomic mass is 9.76. The van der Waals surface area contributed by atoms with E-state index in [1.807, 2.05) is 52.8 Å². The molecule has 1 aliphatic rings. The highest BCUT2D eigenvalue weighted by molar-refractivity contribution is 5.87. The molecule has 0 aliphatic carbocycles. The van der Waals surface area contributed by atoms with Gasteiger partial charge in [-0.3, -0.25) is 0 Å². The normalized spacial score (nSPS) is 18.9. The smallest absolute Gasteiger partial charge is 0.361 e. The summed E-state index contributed by atoms with van der Waals surface area (Å²) in [5.74, 6) is 0. The van der Waals surface area contributed by atoms with Gasteiger partial charge in [0.15, 0.2) is 0 Å². The van der Waals surface area contributed by atoms with Gasteiger partial charge >= 0.3 is 6.18 Å². The van der Waals surface area contributed by atoms with Gasteiger partial charge in [0.2, 0.25) is 0 Å². The molecule has 2 aromatic rings. The van der Waals surface area contributed by atoms with Crippen LogP contribution in [0.3, 0.4) is 0 Å². The van der Waals surface area contributed by atoms with Gasteiger partial charge in [-0.15, -0.1) is 0 Å². The zero-order valence-electron chi connectivity index (χ0n) is 17.8. The van der Waals surface area contributed by atoms with Crippen molar-refractivity contribution in [1.82, 2.24) is 0 Å². The molecule has 1 heterocycles. The lowest BCUT2D eigenvalue weighted by molar-refractivity contribution is -0.137. The number of hydrogen-bond acceptors (Lipinski definition) is 1. The molecule has 0 spiro atoms. The Morgan fingerprint density at radius 3 is 1.93 bits per heavy atom. The fourth-order valence-corrected chi connectivity index (χ4v) is 3.89. The number of alkyl halides is 3. The van der Waals surface area contributed by atoms with Crippen LogP contribution >= 0.6 is 0 Å². The zero-order valence-corrected chi connectivity index (χ0v) is 17.8. The molecule has 2 aromatic carbocycles. The Balaban J connectivity index is 2.14. The molecular formula is C25H27F3O. The van der Waals surface area contributed by atoms with Crippen molar-refractivity contribution < 1.29 is 17.9 Å². The minimum absolute atomic E-state index is 0.448. The molecule has 0 saturated heterocycles. The minimum Gasteiger partial charge on any atom is -0.361 e. The predicted octanol–water partition coefficient (Wildman–Crippen LogP) is 7.60. The number of rotatable bonds is 2. The Bertz CT molecular complexity index is 990. The first-order chi connectivity index (χ1) is 13.2. The Kier molecular flexibility index (Phi) is 5.07. The molecule has 0 saturated carbocycles. The molecule has 1 aliphatic heterocycles. The molecule has 0 N–H and O–H groups in total. The predicted molar refractivity (Wildman–Crippen MR) is 113 cm³/mol. The van der Waals surface area contributed by atoms with Crippen molar-refractivity contribution in [3.8, 4) is 11.1 Å². The fourth-order valence-electron chi connectivity index (χ4n) is 3.89. The molecule has 1 nitrogen and oxygen atoms in total.